The second-order valence-corrected chi connectivity index (χ2v) is 5.56. The fourth-order valence-electron chi connectivity index (χ4n) is 1.60. The van der Waals surface area contributed by atoms with Crippen LogP contribution >= 0.6 is 11.3 Å². The maximum atomic E-state index is 13.5. The normalized spacial score (nSPS) is 10.9. The van der Waals surface area contributed by atoms with Gasteiger partial charge in [0.15, 0.2) is 0 Å². The third-order valence-electron chi connectivity index (χ3n) is 2.51. The summed E-state index contributed by atoms with van der Waals surface area (Å²) in [7, 11) is 0. The fraction of sp³-hybridized carbons (Fsp3) is 0.357. The second kappa shape index (κ2) is 6.63. The molecule has 0 aliphatic heterocycles. The molecule has 0 atom stereocenters. The van der Waals surface area contributed by atoms with Crippen LogP contribution in [0.3, 0.4) is 0 Å². The largest absolute Gasteiger partial charge is 0.488 e. The van der Waals surface area contributed by atoms with E-state index in [0.29, 0.717) is 24.9 Å². The molecule has 0 unspecified atom stereocenters. The molecule has 0 bridgehead atoms. The molecular formula is C14H17FN2OS. The van der Waals surface area contributed by atoms with E-state index in [9.17, 15) is 4.39 Å². The molecule has 0 aliphatic carbocycles. The van der Waals surface area contributed by atoms with E-state index in [2.05, 4.69) is 24.1 Å². The Morgan fingerprint density at radius 1 is 1.37 bits per heavy atom. The quantitative estimate of drug-likeness (QED) is 0.881. The van der Waals surface area contributed by atoms with E-state index in [4.69, 9.17) is 4.74 Å². The average Bonchev–Trinajstić information content (AvgIpc) is 2.86. The monoisotopic (exact) mass is 280 g/mol. The summed E-state index contributed by atoms with van der Waals surface area (Å²) < 4.78 is 19.1. The maximum Gasteiger partial charge on any atom is 0.127 e. The molecule has 2 rings (SSSR count). The van der Waals surface area contributed by atoms with Crippen molar-refractivity contribution in [1.82, 2.24) is 10.3 Å². The van der Waals surface area contributed by atoms with Crippen LogP contribution in [0.4, 0.5) is 4.39 Å². The molecule has 1 heterocycles. The van der Waals surface area contributed by atoms with Crippen LogP contribution < -0.4 is 10.1 Å². The highest BCUT2D eigenvalue weighted by molar-refractivity contribution is 7.09. The van der Waals surface area contributed by atoms with E-state index < -0.39 is 0 Å². The third-order valence-corrected chi connectivity index (χ3v) is 3.26. The van der Waals surface area contributed by atoms with Crippen LogP contribution in [0, 0.1) is 5.82 Å². The lowest BCUT2D eigenvalue weighted by Crippen LogP contribution is -2.21. The number of nitrogens with zero attached hydrogens (tertiary/aromatic N) is 1. The SMILES string of the molecule is CC(C)NCc1cc(F)cc(OCc2cncs2)c1. The van der Waals surface area contributed by atoms with Crippen molar-refractivity contribution in [1.29, 1.82) is 0 Å². The molecular weight excluding hydrogens is 263 g/mol. The molecule has 0 spiro atoms. The van der Waals surface area contributed by atoms with Crippen molar-refractivity contribution in [3.63, 3.8) is 0 Å². The molecule has 0 radical (unpaired) electrons. The lowest BCUT2D eigenvalue weighted by Gasteiger charge is -2.10. The predicted molar refractivity (Wildman–Crippen MR) is 74.8 cm³/mol. The van der Waals surface area contributed by atoms with Gasteiger partial charge in [-0.3, -0.25) is 4.98 Å². The highest BCUT2D eigenvalue weighted by Gasteiger charge is 2.04. The highest BCUT2D eigenvalue weighted by Crippen LogP contribution is 2.18. The Bertz CT molecular complexity index is 514. The number of hydrogen-bond donors (Lipinski definition) is 1. The molecule has 1 N–H and O–H groups in total. The van der Waals surface area contributed by atoms with E-state index in [0.717, 1.165) is 10.4 Å². The van der Waals surface area contributed by atoms with Crippen LogP contribution in [0.25, 0.3) is 0 Å². The second-order valence-electron chi connectivity index (χ2n) is 4.59. The molecule has 0 aliphatic rings. The van der Waals surface area contributed by atoms with E-state index in [1.54, 1.807) is 11.7 Å². The number of thiazole rings is 1. The zero-order valence-corrected chi connectivity index (χ0v) is 11.8. The van der Waals surface area contributed by atoms with Crippen molar-refractivity contribution < 1.29 is 9.13 Å². The molecule has 102 valence electrons. The van der Waals surface area contributed by atoms with Crippen LogP contribution in [0.5, 0.6) is 5.75 Å². The van der Waals surface area contributed by atoms with Crippen LogP contribution in [0.2, 0.25) is 0 Å². The topological polar surface area (TPSA) is 34.1 Å². The zero-order chi connectivity index (χ0) is 13.7. The molecule has 19 heavy (non-hydrogen) atoms. The standard InChI is InChI=1S/C14H17FN2OS/c1-10(2)17-6-11-3-12(15)5-13(4-11)18-8-14-7-16-9-19-14/h3-5,7,9-10,17H,6,8H2,1-2H3. The van der Waals surface area contributed by atoms with Gasteiger partial charge in [-0.05, 0) is 17.7 Å². The minimum atomic E-state index is -0.276. The van der Waals surface area contributed by atoms with Gasteiger partial charge in [-0.1, -0.05) is 13.8 Å². The minimum absolute atomic E-state index is 0.276. The summed E-state index contributed by atoms with van der Waals surface area (Å²) in [5.41, 5.74) is 2.63. The molecule has 5 heteroatoms. The molecule has 1 aromatic heterocycles. The Morgan fingerprint density at radius 2 is 2.21 bits per heavy atom. The summed E-state index contributed by atoms with van der Waals surface area (Å²) in [6, 6.07) is 5.15. The Labute approximate surface area is 116 Å². The lowest BCUT2D eigenvalue weighted by molar-refractivity contribution is 0.307. The predicted octanol–water partition coefficient (Wildman–Crippen LogP) is 3.36. The van der Waals surface area contributed by atoms with Gasteiger partial charge >= 0.3 is 0 Å². The smallest absolute Gasteiger partial charge is 0.127 e. The minimum Gasteiger partial charge on any atom is -0.488 e. The van der Waals surface area contributed by atoms with Gasteiger partial charge in [-0.2, -0.15) is 0 Å². The van der Waals surface area contributed by atoms with Gasteiger partial charge < -0.3 is 10.1 Å². The molecule has 0 amide bonds. The van der Waals surface area contributed by atoms with Crippen LogP contribution in [0.15, 0.2) is 29.9 Å². The number of aromatic nitrogens is 1. The zero-order valence-electron chi connectivity index (χ0n) is 11.0. The van der Waals surface area contributed by atoms with Crippen molar-refractivity contribution in [3.8, 4) is 5.75 Å². The van der Waals surface area contributed by atoms with Crippen molar-refractivity contribution in [2.45, 2.75) is 33.0 Å². The first-order valence-corrected chi connectivity index (χ1v) is 7.04. The number of nitrogens with one attached hydrogen (secondary N) is 1. The lowest BCUT2D eigenvalue weighted by atomic mass is 10.2. The molecule has 0 saturated heterocycles. The van der Waals surface area contributed by atoms with E-state index in [-0.39, 0.29) is 5.82 Å². The van der Waals surface area contributed by atoms with Crippen molar-refractivity contribution >= 4 is 11.3 Å². The number of halogens is 1. The first-order valence-electron chi connectivity index (χ1n) is 6.16. The number of benzene rings is 1. The van der Waals surface area contributed by atoms with E-state index in [1.165, 1.54) is 23.5 Å². The Balaban J connectivity index is 1.99. The van der Waals surface area contributed by atoms with Gasteiger partial charge in [0.2, 0.25) is 0 Å². The van der Waals surface area contributed by atoms with Crippen LogP contribution in [0.1, 0.15) is 24.3 Å². The molecule has 0 saturated carbocycles. The summed E-state index contributed by atoms with van der Waals surface area (Å²) in [4.78, 5) is 4.99. The number of hydrogen-bond acceptors (Lipinski definition) is 4. The molecule has 3 nitrogen and oxygen atoms in total. The summed E-state index contributed by atoms with van der Waals surface area (Å²) >= 11 is 1.52. The Kier molecular flexibility index (Phi) is 4.87. The van der Waals surface area contributed by atoms with Crippen molar-refractivity contribution in [3.05, 3.63) is 46.2 Å². The molecule has 2 aromatic rings. The fourth-order valence-corrected chi connectivity index (χ4v) is 2.10. The maximum absolute atomic E-state index is 13.5. The van der Waals surface area contributed by atoms with Gasteiger partial charge in [-0.25, -0.2) is 4.39 Å². The van der Waals surface area contributed by atoms with E-state index in [1.807, 2.05) is 6.07 Å². The van der Waals surface area contributed by atoms with E-state index >= 15 is 0 Å². The van der Waals surface area contributed by atoms with Gasteiger partial charge in [0, 0.05) is 24.8 Å². The summed E-state index contributed by atoms with van der Waals surface area (Å²) in [6.07, 6.45) is 1.76. The van der Waals surface area contributed by atoms with Gasteiger partial charge in [0.1, 0.15) is 18.2 Å². The van der Waals surface area contributed by atoms with Gasteiger partial charge in [0.05, 0.1) is 10.4 Å². The number of ether oxygens (including phenoxy) is 1. The number of rotatable bonds is 6. The summed E-state index contributed by atoms with van der Waals surface area (Å²) in [5.74, 6) is 0.274. The van der Waals surface area contributed by atoms with Crippen molar-refractivity contribution in [2.75, 3.05) is 0 Å². The molecule has 0 fully saturated rings. The Hall–Kier alpha value is -1.46. The molecule has 1 aromatic carbocycles. The third kappa shape index (κ3) is 4.61. The average molecular weight is 280 g/mol. The van der Waals surface area contributed by atoms with Gasteiger partial charge in [0.25, 0.3) is 0 Å². The van der Waals surface area contributed by atoms with Gasteiger partial charge in [-0.15, -0.1) is 11.3 Å². The first kappa shape index (κ1) is 14.0. The van der Waals surface area contributed by atoms with Crippen LogP contribution in [-0.2, 0) is 13.2 Å². The first-order chi connectivity index (χ1) is 9.13. The highest BCUT2D eigenvalue weighted by atomic mass is 32.1. The summed E-state index contributed by atoms with van der Waals surface area (Å²) in [5, 5.41) is 3.26. The van der Waals surface area contributed by atoms with Crippen molar-refractivity contribution in [2.24, 2.45) is 0 Å². The summed E-state index contributed by atoms with van der Waals surface area (Å²) in [6.45, 7) is 5.17. The van der Waals surface area contributed by atoms with Crippen LogP contribution in [-0.4, -0.2) is 11.0 Å². The Morgan fingerprint density at radius 3 is 2.89 bits per heavy atom.